The first-order valence-corrected chi connectivity index (χ1v) is 7.03. The van der Waals surface area contributed by atoms with Crippen LogP contribution in [-0.2, 0) is 0 Å². The van der Waals surface area contributed by atoms with Crippen LogP contribution < -0.4 is 5.73 Å². The molecule has 2 atom stereocenters. The van der Waals surface area contributed by atoms with Gasteiger partial charge in [-0.3, -0.25) is 4.90 Å². The fourth-order valence-corrected chi connectivity index (χ4v) is 2.89. The molecule has 0 bridgehead atoms. The molecule has 1 saturated carbocycles. The summed E-state index contributed by atoms with van der Waals surface area (Å²) in [5.41, 5.74) is 10.1. The Kier molecular flexibility index (Phi) is 4.08. The van der Waals surface area contributed by atoms with E-state index in [1.54, 1.807) is 0 Å². The summed E-state index contributed by atoms with van der Waals surface area (Å²) in [6.45, 7) is 7.44. The van der Waals surface area contributed by atoms with Crippen LogP contribution in [0.25, 0.3) is 0 Å². The summed E-state index contributed by atoms with van der Waals surface area (Å²) in [6, 6.07) is 7.71. The zero-order valence-corrected chi connectivity index (χ0v) is 12.1. The Balaban J connectivity index is 2.18. The average molecular weight is 246 g/mol. The first-order valence-electron chi connectivity index (χ1n) is 7.03. The second-order valence-electron chi connectivity index (χ2n) is 5.84. The minimum Gasteiger partial charge on any atom is -0.329 e. The van der Waals surface area contributed by atoms with Crippen LogP contribution in [0, 0.1) is 19.8 Å². The van der Waals surface area contributed by atoms with Crippen molar-refractivity contribution in [2.45, 2.75) is 45.7 Å². The molecule has 1 aliphatic rings. The number of likely N-dealkylation sites (N-methyl/N-ethyl adjacent to an activating group) is 1. The highest BCUT2D eigenvalue weighted by Gasteiger charge is 2.34. The molecule has 2 N–H and O–H groups in total. The molecule has 0 amide bonds. The number of benzene rings is 1. The SMILES string of the molecule is Cc1ccc(C)c(C(C)N(C)C(CN)C2CC2)c1. The second kappa shape index (κ2) is 5.41. The third-order valence-electron chi connectivity index (χ3n) is 4.43. The molecule has 1 aromatic rings. The van der Waals surface area contributed by atoms with Gasteiger partial charge < -0.3 is 5.73 Å². The zero-order valence-electron chi connectivity index (χ0n) is 12.1. The molecule has 1 aromatic carbocycles. The van der Waals surface area contributed by atoms with Crippen molar-refractivity contribution in [1.29, 1.82) is 0 Å². The minimum atomic E-state index is 0.444. The molecule has 0 heterocycles. The summed E-state index contributed by atoms with van der Waals surface area (Å²) >= 11 is 0. The Morgan fingerprint density at radius 2 is 2.00 bits per heavy atom. The molecular weight excluding hydrogens is 220 g/mol. The number of hydrogen-bond donors (Lipinski definition) is 1. The summed E-state index contributed by atoms with van der Waals surface area (Å²) in [5.74, 6) is 0.826. The minimum absolute atomic E-state index is 0.444. The number of rotatable bonds is 5. The van der Waals surface area contributed by atoms with Gasteiger partial charge in [-0.15, -0.1) is 0 Å². The van der Waals surface area contributed by atoms with Crippen LogP contribution in [0.2, 0.25) is 0 Å². The quantitative estimate of drug-likeness (QED) is 0.865. The lowest BCUT2D eigenvalue weighted by Crippen LogP contribution is -2.41. The van der Waals surface area contributed by atoms with Gasteiger partial charge in [0.15, 0.2) is 0 Å². The van der Waals surface area contributed by atoms with E-state index >= 15 is 0 Å². The zero-order chi connectivity index (χ0) is 13.3. The topological polar surface area (TPSA) is 29.3 Å². The lowest BCUT2D eigenvalue weighted by Gasteiger charge is -2.33. The van der Waals surface area contributed by atoms with E-state index in [-0.39, 0.29) is 0 Å². The van der Waals surface area contributed by atoms with Gasteiger partial charge in [0.2, 0.25) is 0 Å². The molecule has 0 aliphatic heterocycles. The molecule has 0 radical (unpaired) electrons. The number of nitrogens with two attached hydrogens (primary N) is 1. The summed E-state index contributed by atoms with van der Waals surface area (Å²) in [5, 5.41) is 0. The molecule has 0 saturated heterocycles. The van der Waals surface area contributed by atoms with Crippen molar-refractivity contribution in [3.05, 3.63) is 34.9 Å². The van der Waals surface area contributed by atoms with Gasteiger partial charge in [0.1, 0.15) is 0 Å². The number of hydrogen-bond acceptors (Lipinski definition) is 2. The van der Waals surface area contributed by atoms with Crippen molar-refractivity contribution in [2.75, 3.05) is 13.6 Å². The van der Waals surface area contributed by atoms with Crippen LogP contribution in [0.4, 0.5) is 0 Å². The molecule has 2 unspecified atom stereocenters. The number of nitrogens with zero attached hydrogens (tertiary/aromatic N) is 1. The Hall–Kier alpha value is -0.860. The molecule has 18 heavy (non-hydrogen) atoms. The molecule has 2 heteroatoms. The highest BCUT2D eigenvalue weighted by molar-refractivity contribution is 5.32. The summed E-state index contributed by atoms with van der Waals surface area (Å²) < 4.78 is 0. The molecule has 2 nitrogen and oxygen atoms in total. The molecule has 1 fully saturated rings. The number of aryl methyl sites for hydroxylation is 2. The highest BCUT2D eigenvalue weighted by atomic mass is 15.2. The lowest BCUT2D eigenvalue weighted by molar-refractivity contribution is 0.170. The Bertz CT molecular complexity index is 410. The maximum Gasteiger partial charge on any atom is 0.0323 e. The third-order valence-corrected chi connectivity index (χ3v) is 4.43. The van der Waals surface area contributed by atoms with E-state index in [1.165, 1.54) is 29.5 Å². The van der Waals surface area contributed by atoms with E-state index < -0.39 is 0 Å². The van der Waals surface area contributed by atoms with Crippen LogP contribution >= 0.6 is 0 Å². The largest absolute Gasteiger partial charge is 0.329 e. The lowest BCUT2D eigenvalue weighted by atomic mass is 9.97. The normalized spacial score (nSPS) is 19.0. The third kappa shape index (κ3) is 2.76. The maximum absolute atomic E-state index is 5.96. The van der Waals surface area contributed by atoms with Gasteiger partial charge in [0.25, 0.3) is 0 Å². The first-order chi connectivity index (χ1) is 8.54. The fourth-order valence-electron chi connectivity index (χ4n) is 2.89. The van der Waals surface area contributed by atoms with Crippen molar-refractivity contribution in [1.82, 2.24) is 4.90 Å². The summed E-state index contributed by atoms with van der Waals surface area (Å²) in [6.07, 6.45) is 2.71. The van der Waals surface area contributed by atoms with Gasteiger partial charge in [-0.1, -0.05) is 23.8 Å². The van der Waals surface area contributed by atoms with E-state index in [1.807, 2.05) is 0 Å². The Morgan fingerprint density at radius 3 is 2.56 bits per heavy atom. The van der Waals surface area contributed by atoms with Crippen LogP contribution in [0.3, 0.4) is 0 Å². The predicted octanol–water partition coefficient (Wildman–Crippen LogP) is 3.03. The molecule has 100 valence electrons. The van der Waals surface area contributed by atoms with Crippen molar-refractivity contribution in [3.63, 3.8) is 0 Å². The summed E-state index contributed by atoms with van der Waals surface area (Å²) in [7, 11) is 2.22. The highest BCUT2D eigenvalue weighted by Crippen LogP contribution is 2.37. The smallest absolute Gasteiger partial charge is 0.0323 e. The standard InChI is InChI=1S/C16H26N2/c1-11-5-6-12(2)15(9-11)13(3)18(4)16(10-17)14-7-8-14/h5-6,9,13-14,16H,7-8,10,17H2,1-4H3. The molecule has 1 aliphatic carbocycles. The van der Waals surface area contributed by atoms with Crippen LogP contribution in [0.15, 0.2) is 18.2 Å². The molecule has 0 aromatic heterocycles. The van der Waals surface area contributed by atoms with E-state index in [0.717, 1.165) is 12.5 Å². The van der Waals surface area contributed by atoms with Crippen molar-refractivity contribution in [3.8, 4) is 0 Å². The van der Waals surface area contributed by atoms with Crippen LogP contribution in [-0.4, -0.2) is 24.5 Å². The Labute approximate surface area is 111 Å². The van der Waals surface area contributed by atoms with Gasteiger partial charge >= 0.3 is 0 Å². The monoisotopic (exact) mass is 246 g/mol. The van der Waals surface area contributed by atoms with Gasteiger partial charge in [-0.2, -0.15) is 0 Å². The van der Waals surface area contributed by atoms with Gasteiger partial charge in [0.05, 0.1) is 0 Å². The summed E-state index contributed by atoms with van der Waals surface area (Å²) in [4.78, 5) is 2.47. The van der Waals surface area contributed by atoms with E-state index in [0.29, 0.717) is 12.1 Å². The van der Waals surface area contributed by atoms with Crippen LogP contribution in [0.5, 0.6) is 0 Å². The van der Waals surface area contributed by atoms with Crippen molar-refractivity contribution in [2.24, 2.45) is 11.7 Å². The second-order valence-corrected chi connectivity index (χ2v) is 5.84. The molecule has 2 rings (SSSR count). The van der Waals surface area contributed by atoms with Crippen molar-refractivity contribution < 1.29 is 0 Å². The van der Waals surface area contributed by atoms with E-state index in [9.17, 15) is 0 Å². The Morgan fingerprint density at radius 1 is 1.33 bits per heavy atom. The van der Waals surface area contributed by atoms with Crippen LogP contribution in [0.1, 0.15) is 42.5 Å². The molecule has 0 spiro atoms. The average Bonchev–Trinajstić information content (AvgIpc) is 3.16. The van der Waals surface area contributed by atoms with Crippen molar-refractivity contribution >= 4 is 0 Å². The van der Waals surface area contributed by atoms with Gasteiger partial charge in [-0.05, 0) is 57.7 Å². The molecular formula is C16H26N2. The fraction of sp³-hybridized carbons (Fsp3) is 0.625. The van der Waals surface area contributed by atoms with Gasteiger partial charge in [-0.25, -0.2) is 0 Å². The van der Waals surface area contributed by atoms with E-state index in [2.05, 4.69) is 50.9 Å². The maximum atomic E-state index is 5.96. The van der Waals surface area contributed by atoms with E-state index in [4.69, 9.17) is 5.73 Å². The predicted molar refractivity (Wildman–Crippen MR) is 77.7 cm³/mol. The first kappa shape index (κ1) is 13.6. The van der Waals surface area contributed by atoms with Gasteiger partial charge in [0, 0.05) is 18.6 Å².